The van der Waals surface area contributed by atoms with Crippen molar-refractivity contribution in [3.63, 3.8) is 0 Å². The molecule has 1 aromatic heterocycles. The molecular formula is C17H21ClFN3O3. The monoisotopic (exact) mass is 369 g/mol. The Morgan fingerprint density at radius 3 is 2.72 bits per heavy atom. The van der Waals surface area contributed by atoms with E-state index < -0.39 is 11.6 Å². The van der Waals surface area contributed by atoms with Crippen molar-refractivity contribution in [3.8, 4) is 11.6 Å². The molecule has 136 valence electrons. The van der Waals surface area contributed by atoms with Crippen molar-refractivity contribution in [3.05, 3.63) is 47.4 Å². The van der Waals surface area contributed by atoms with Gasteiger partial charge in [0.1, 0.15) is 30.9 Å². The third kappa shape index (κ3) is 7.21. The lowest BCUT2D eigenvalue weighted by Gasteiger charge is -2.27. The summed E-state index contributed by atoms with van der Waals surface area (Å²) in [4.78, 5) is 0. The van der Waals surface area contributed by atoms with Gasteiger partial charge in [-0.3, -0.25) is 0 Å². The van der Waals surface area contributed by atoms with Crippen LogP contribution < -0.4 is 14.8 Å². The fourth-order valence-corrected chi connectivity index (χ4v) is 1.99. The molecule has 1 aromatic carbocycles. The molecule has 0 aliphatic heterocycles. The van der Waals surface area contributed by atoms with E-state index in [1.165, 1.54) is 12.1 Å². The van der Waals surface area contributed by atoms with Crippen LogP contribution in [0.5, 0.6) is 11.6 Å². The summed E-state index contributed by atoms with van der Waals surface area (Å²) in [6.45, 7) is 4.52. The summed E-state index contributed by atoms with van der Waals surface area (Å²) in [6.07, 6.45) is -0.752. The number of hydrogen-bond acceptors (Lipinski definition) is 6. The number of ether oxygens (including phenoxy) is 2. The number of halogens is 2. The van der Waals surface area contributed by atoms with Gasteiger partial charge in [-0.25, -0.2) is 4.39 Å². The summed E-state index contributed by atoms with van der Waals surface area (Å²) in [7, 11) is 0. The van der Waals surface area contributed by atoms with E-state index in [1.54, 1.807) is 24.3 Å². The lowest BCUT2D eigenvalue weighted by Crippen LogP contribution is -2.48. The van der Waals surface area contributed by atoms with Gasteiger partial charge < -0.3 is 19.9 Å². The van der Waals surface area contributed by atoms with Gasteiger partial charge >= 0.3 is 0 Å². The molecule has 1 atom stereocenters. The Kier molecular flexibility index (Phi) is 6.92. The molecule has 0 spiro atoms. The summed E-state index contributed by atoms with van der Waals surface area (Å²) < 4.78 is 24.0. The van der Waals surface area contributed by atoms with Crippen LogP contribution in [0.2, 0.25) is 5.15 Å². The van der Waals surface area contributed by atoms with Gasteiger partial charge in [-0.05, 0) is 32.0 Å². The molecule has 0 bridgehead atoms. The first kappa shape index (κ1) is 19.4. The van der Waals surface area contributed by atoms with Crippen molar-refractivity contribution < 1.29 is 19.0 Å². The molecule has 2 aromatic rings. The minimum absolute atomic E-state index is 0.0516. The number of aromatic nitrogens is 2. The molecule has 2 N–H and O–H groups in total. The SMILES string of the molecule is CC(C)(COc1ccc(Cl)nn1)NCC(O)COc1cccc(F)c1. The summed E-state index contributed by atoms with van der Waals surface area (Å²) in [5, 5.41) is 21.0. The van der Waals surface area contributed by atoms with Crippen LogP contribution in [0.1, 0.15) is 13.8 Å². The normalized spacial score (nSPS) is 12.7. The number of nitrogens with one attached hydrogen (secondary N) is 1. The first-order valence-corrected chi connectivity index (χ1v) is 8.15. The van der Waals surface area contributed by atoms with Crippen LogP contribution in [0, 0.1) is 5.82 Å². The van der Waals surface area contributed by atoms with Crippen molar-refractivity contribution in [2.45, 2.75) is 25.5 Å². The minimum atomic E-state index is -0.752. The van der Waals surface area contributed by atoms with Crippen molar-refractivity contribution in [1.82, 2.24) is 15.5 Å². The summed E-state index contributed by atoms with van der Waals surface area (Å²) in [5.74, 6) is 0.367. The second-order valence-electron chi connectivity index (χ2n) is 6.17. The highest BCUT2D eigenvalue weighted by molar-refractivity contribution is 6.29. The van der Waals surface area contributed by atoms with Crippen molar-refractivity contribution >= 4 is 11.6 Å². The first-order chi connectivity index (χ1) is 11.8. The smallest absolute Gasteiger partial charge is 0.233 e. The fourth-order valence-electron chi connectivity index (χ4n) is 1.89. The summed E-state index contributed by atoms with van der Waals surface area (Å²) in [6, 6.07) is 9.01. The molecule has 0 aliphatic rings. The van der Waals surface area contributed by atoms with Gasteiger partial charge in [-0.1, -0.05) is 17.7 Å². The zero-order valence-electron chi connectivity index (χ0n) is 14.1. The first-order valence-electron chi connectivity index (χ1n) is 7.77. The minimum Gasteiger partial charge on any atom is -0.491 e. The molecule has 25 heavy (non-hydrogen) atoms. The molecule has 0 aliphatic carbocycles. The molecule has 0 fully saturated rings. The summed E-state index contributed by atoms with van der Waals surface area (Å²) in [5.41, 5.74) is -0.416. The highest BCUT2D eigenvalue weighted by Crippen LogP contribution is 2.13. The standard InChI is InChI=1S/C17H21ClFN3O3/c1-17(2,11-25-16-7-6-15(18)21-22-16)20-9-13(23)10-24-14-5-3-4-12(19)8-14/h3-8,13,20,23H,9-11H2,1-2H3. The Hall–Kier alpha value is -1.96. The number of benzene rings is 1. The Morgan fingerprint density at radius 2 is 2.04 bits per heavy atom. The van der Waals surface area contributed by atoms with Crippen molar-refractivity contribution in [2.24, 2.45) is 0 Å². The number of hydrogen-bond donors (Lipinski definition) is 2. The quantitative estimate of drug-likeness (QED) is 0.707. The van der Waals surface area contributed by atoms with E-state index in [0.717, 1.165) is 0 Å². The highest BCUT2D eigenvalue weighted by atomic mass is 35.5. The van der Waals surface area contributed by atoms with Crippen LogP contribution in [0.3, 0.4) is 0 Å². The molecule has 0 saturated heterocycles. The second-order valence-corrected chi connectivity index (χ2v) is 6.56. The van der Waals surface area contributed by atoms with E-state index in [9.17, 15) is 9.50 Å². The van der Waals surface area contributed by atoms with Gasteiger partial charge in [-0.2, -0.15) is 0 Å². The van der Waals surface area contributed by atoms with Crippen LogP contribution in [0.15, 0.2) is 36.4 Å². The molecule has 1 heterocycles. The molecule has 0 radical (unpaired) electrons. The van der Waals surface area contributed by atoms with Crippen LogP contribution >= 0.6 is 11.6 Å². The van der Waals surface area contributed by atoms with Gasteiger partial charge in [0.25, 0.3) is 0 Å². The number of rotatable bonds is 9. The Balaban J connectivity index is 1.71. The zero-order valence-corrected chi connectivity index (χ0v) is 14.8. The van der Waals surface area contributed by atoms with Crippen LogP contribution in [-0.4, -0.2) is 46.7 Å². The summed E-state index contributed by atoms with van der Waals surface area (Å²) >= 11 is 5.67. The zero-order chi connectivity index (χ0) is 18.3. The van der Waals surface area contributed by atoms with Crippen LogP contribution in [0.4, 0.5) is 4.39 Å². The van der Waals surface area contributed by atoms with E-state index in [0.29, 0.717) is 23.4 Å². The molecular weight excluding hydrogens is 349 g/mol. The van der Waals surface area contributed by atoms with Gasteiger partial charge in [0, 0.05) is 24.2 Å². The van der Waals surface area contributed by atoms with E-state index in [2.05, 4.69) is 15.5 Å². The molecule has 6 nitrogen and oxygen atoms in total. The largest absolute Gasteiger partial charge is 0.491 e. The molecule has 2 rings (SSSR count). The third-order valence-electron chi connectivity index (χ3n) is 3.24. The topological polar surface area (TPSA) is 76.5 Å². The number of nitrogens with zero attached hydrogens (tertiary/aromatic N) is 2. The maximum atomic E-state index is 13.1. The van der Waals surface area contributed by atoms with E-state index in [-0.39, 0.29) is 19.0 Å². The number of aliphatic hydroxyl groups excluding tert-OH is 1. The van der Waals surface area contributed by atoms with E-state index >= 15 is 0 Å². The number of aliphatic hydroxyl groups is 1. The average Bonchev–Trinajstić information content (AvgIpc) is 2.58. The Labute approximate surface area is 150 Å². The molecule has 0 saturated carbocycles. The Morgan fingerprint density at radius 1 is 1.24 bits per heavy atom. The van der Waals surface area contributed by atoms with Gasteiger partial charge in [0.05, 0.1) is 0 Å². The molecule has 8 heteroatoms. The maximum Gasteiger partial charge on any atom is 0.233 e. The predicted molar refractivity (Wildman–Crippen MR) is 92.5 cm³/mol. The maximum absolute atomic E-state index is 13.1. The third-order valence-corrected chi connectivity index (χ3v) is 3.44. The molecule has 0 amide bonds. The fraction of sp³-hybridized carbons (Fsp3) is 0.412. The lowest BCUT2D eigenvalue weighted by atomic mass is 10.1. The second kappa shape index (κ2) is 8.94. The van der Waals surface area contributed by atoms with E-state index in [1.807, 2.05) is 13.8 Å². The lowest BCUT2D eigenvalue weighted by molar-refractivity contribution is 0.0921. The Bertz CT molecular complexity index is 670. The van der Waals surface area contributed by atoms with Crippen molar-refractivity contribution in [1.29, 1.82) is 0 Å². The average molecular weight is 370 g/mol. The highest BCUT2D eigenvalue weighted by Gasteiger charge is 2.20. The van der Waals surface area contributed by atoms with Crippen molar-refractivity contribution in [2.75, 3.05) is 19.8 Å². The number of β-amino-alcohol motifs (C(OH)–C–C–N with tert-alkyl or cyclic N) is 1. The van der Waals surface area contributed by atoms with Gasteiger partial charge in [-0.15, -0.1) is 10.2 Å². The molecule has 1 unspecified atom stereocenters. The van der Waals surface area contributed by atoms with E-state index in [4.69, 9.17) is 21.1 Å². The van der Waals surface area contributed by atoms with Crippen LogP contribution in [-0.2, 0) is 0 Å². The van der Waals surface area contributed by atoms with Crippen LogP contribution in [0.25, 0.3) is 0 Å². The predicted octanol–water partition coefficient (Wildman–Crippen LogP) is 2.46. The van der Waals surface area contributed by atoms with Gasteiger partial charge in [0.15, 0.2) is 5.15 Å². The van der Waals surface area contributed by atoms with Gasteiger partial charge in [0.2, 0.25) is 5.88 Å².